The Bertz CT molecular complexity index is 446. The number of nitrogens with zero attached hydrogens (tertiary/aromatic N) is 2. The molecule has 0 amide bonds. The van der Waals surface area contributed by atoms with E-state index in [1.54, 1.807) is 6.92 Å². The molecule has 1 aromatic heterocycles. The first-order chi connectivity index (χ1) is 8.62. The van der Waals surface area contributed by atoms with Crippen molar-refractivity contribution in [2.24, 2.45) is 0 Å². The van der Waals surface area contributed by atoms with Crippen molar-refractivity contribution in [2.75, 3.05) is 17.6 Å². The Hall–Kier alpha value is -1.50. The van der Waals surface area contributed by atoms with E-state index in [1.807, 2.05) is 20.8 Å². The van der Waals surface area contributed by atoms with Crippen LogP contribution in [0.4, 0.5) is 20.4 Å². The Balaban J connectivity index is 2.97. The quantitative estimate of drug-likeness (QED) is 0.778. The van der Waals surface area contributed by atoms with Gasteiger partial charge in [-0.2, -0.15) is 0 Å². The van der Waals surface area contributed by atoms with Crippen molar-refractivity contribution < 1.29 is 13.9 Å². The van der Waals surface area contributed by atoms with Crippen molar-refractivity contribution in [1.82, 2.24) is 9.97 Å². The summed E-state index contributed by atoms with van der Waals surface area (Å²) in [5.74, 6) is 1.19. The van der Waals surface area contributed by atoms with Crippen molar-refractivity contribution in [3.63, 3.8) is 0 Å². The molecule has 1 unspecified atom stereocenters. The number of nitrogens with one attached hydrogen (secondary N) is 1. The first kappa shape index (κ1) is 15.6. The number of nitrogens with two attached hydrogens (primary N) is 1. The maximum atomic E-state index is 12.2. The number of aromatic nitrogens is 2. The van der Waals surface area contributed by atoms with Crippen LogP contribution in [-0.4, -0.2) is 34.1 Å². The second-order valence-corrected chi connectivity index (χ2v) is 5.44. The minimum atomic E-state index is -2.80. The van der Waals surface area contributed by atoms with Crippen molar-refractivity contribution in [2.45, 2.75) is 45.6 Å². The van der Waals surface area contributed by atoms with E-state index >= 15 is 0 Å². The van der Waals surface area contributed by atoms with E-state index in [-0.39, 0.29) is 12.0 Å². The molecule has 0 aliphatic rings. The van der Waals surface area contributed by atoms with Crippen LogP contribution in [0.1, 0.15) is 32.2 Å². The molecular formula is C12H20F2N4O. The lowest BCUT2D eigenvalue weighted by Crippen LogP contribution is -2.28. The molecule has 0 aliphatic carbocycles. The number of rotatable bonds is 4. The van der Waals surface area contributed by atoms with E-state index in [1.165, 1.54) is 0 Å². The van der Waals surface area contributed by atoms with Crippen LogP contribution in [0.2, 0.25) is 0 Å². The third-order valence-electron chi connectivity index (χ3n) is 2.62. The average molecular weight is 274 g/mol. The van der Waals surface area contributed by atoms with E-state index in [0.29, 0.717) is 23.0 Å². The molecular weight excluding hydrogens is 254 g/mol. The van der Waals surface area contributed by atoms with Crippen LogP contribution in [0.25, 0.3) is 0 Å². The summed E-state index contributed by atoms with van der Waals surface area (Å²) in [4.78, 5) is 8.46. The van der Waals surface area contributed by atoms with E-state index in [9.17, 15) is 8.78 Å². The average Bonchev–Trinajstić information content (AvgIpc) is 2.28. The fourth-order valence-electron chi connectivity index (χ4n) is 1.33. The highest BCUT2D eigenvalue weighted by atomic mass is 19.3. The number of aliphatic hydroxyl groups excluding tert-OH is 1. The van der Waals surface area contributed by atoms with E-state index < -0.39 is 12.5 Å². The summed E-state index contributed by atoms with van der Waals surface area (Å²) in [6.45, 7) is 7.18. The summed E-state index contributed by atoms with van der Waals surface area (Å²) in [6.07, 6.45) is -4.54. The zero-order chi connectivity index (χ0) is 14.8. The zero-order valence-corrected chi connectivity index (χ0v) is 11.5. The number of anilines is 2. The molecule has 7 heteroatoms. The topological polar surface area (TPSA) is 84.1 Å². The fourth-order valence-corrected chi connectivity index (χ4v) is 1.33. The lowest BCUT2D eigenvalue weighted by atomic mass is 9.95. The molecule has 1 heterocycles. The minimum absolute atomic E-state index is 0.293. The molecule has 5 nitrogen and oxygen atoms in total. The number of hydrogen-bond donors (Lipinski definition) is 3. The maximum Gasteiger partial charge on any atom is 0.265 e. The summed E-state index contributed by atoms with van der Waals surface area (Å²) in [7, 11) is 0. The Morgan fingerprint density at radius 3 is 2.37 bits per heavy atom. The predicted octanol–water partition coefficient (Wildman–Crippen LogP) is 1.70. The summed E-state index contributed by atoms with van der Waals surface area (Å²) in [6, 6.07) is 0. The van der Waals surface area contributed by atoms with Crippen LogP contribution < -0.4 is 11.1 Å². The van der Waals surface area contributed by atoms with Crippen LogP contribution in [0.3, 0.4) is 0 Å². The van der Waals surface area contributed by atoms with Gasteiger partial charge in [-0.15, -0.1) is 0 Å². The molecule has 4 N–H and O–H groups in total. The monoisotopic (exact) mass is 274 g/mol. The van der Waals surface area contributed by atoms with Crippen molar-refractivity contribution in [3.8, 4) is 0 Å². The highest BCUT2D eigenvalue weighted by Gasteiger charge is 2.21. The SMILES string of the molecule is Cc1c(N)nc(C(C)(C)C)nc1NCC(O)C(F)F. The number of halogens is 2. The van der Waals surface area contributed by atoms with E-state index in [4.69, 9.17) is 10.8 Å². The van der Waals surface area contributed by atoms with E-state index in [2.05, 4.69) is 15.3 Å². The molecule has 19 heavy (non-hydrogen) atoms. The molecule has 1 rings (SSSR count). The van der Waals surface area contributed by atoms with Gasteiger partial charge < -0.3 is 16.2 Å². The first-order valence-corrected chi connectivity index (χ1v) is 5.97. The van der Waals surface area contributed by atoms with Crippen LogP contribution in [-0.2, 0) is 5.41 Å². The highest BCUT2D eigenvalue weighted by molar-refractivity contribution is 5.55. The van der Waals surface area contributed by atoms with Gasteiger partial charge in [0.25, 0.3) is 6.43 Å². The standard InChI is InChI=1S/C12H20F2N4O/c1-6-9(15)17-11(12(2,3)4)18-10(6)16-5-7(19)8(13)14/h7-8,19H,5H2,1-4H3,(H3,15,16,17,18). The van der Waals surface area contributed by atoms with Crippen molar-refractivity contribution in [1.29, 1.82) is 0 Å². The summed E-state index contributed by atoms with van der Waals surface area (Å²) in [5, 5.41) is 11.8. The number of alkyl halides is 2. The second kappa shape index (κ2) is 5.64. The zero-order valence-electron chi connectivity index (χ0n) is 11.5. The molecule has 0 radical (unpaired) electrons. The first-order valence-electron chi connectivity index (χ1n) is 5.97. The van der Waals surface area contributed by atoms with Crippen molar-refractivity contribution >= 4 is 11.6 Å². The smallest absolute Gasteiger partial charge is 0.265 e. The van der Waals surface area contributed by atoms with Gasteiger partial charge in [-0.1, -0.05) is 20.8 Å². The summed E-state index contributed by atoms with van der Waals surface area (Å²) >= 11 is 0. The Morgan fingerprint density at radius 1 is 1.32 bits per heavy atom. The molecule has 0 spiro atoms. The highest BCUT2D eigenvalue weighted by Crippen LogP contribution is 2.24. The fraction of sp³-hybridized carbons (Fsp3) is 0.667. The van der Waals surface area contributed by atoms with Crippen LogP contribution >= 0.6 is 0 Å². The predicted molar refractivity (Wildman–Crippen MR) is 70.4 cm³/mol. The normalized spacial score (nSPS) is 13.7. The molecule has 0 saturated carbocycles. The number of aliphatic hydroxyl groups is 1. The maximum absolute atomic E-state index is 12.2. The van der Waals surface area contributed by atoms with E-state index in [0.717, 1.165) is 0 Å². The lowest BCUT2D eigenvalue weighted by molar-refractivity contribution is 0.00380. The third-order valence-corrected chi connectivity index (χ3v) is 2.62. The van der Waals surface area contributed by atoms with Gasteiger partial charge in [-0.05, 0) is 6.92 Å². The molecule has 0 aliphatic heterocycles. The Kier molecular flexibility index (Phi) is 4.62. The van der Waals surface area contributed by atoms with Gasteiger partial charge >= 0.3 is 0 Å². The molecule has 0 saturated heterocycles. The molecule has 1 aromatic rings. The molecule has 1 atom stereocenters. The lowest BCUT2D eigenvalue weighted by Gasteiger charge is -2.20. The van der Waals surface area contributed by atoms with Crippen LogP contribution in [0.15, 0.2) is 0 Å². The summed E-state index contributed by atoms with van der Waals surface area (Å²) < 4.78 is 24.5. The van der Waals surface area contributed by atoms with Gasteiger partial charge in [-0.25, -0.2) is 18.7 Å². The Morgan fingerprint density at radius 2 is 1.89 bits per heavy atom. The van der Waals surface area contributed by atoms with Crippen LogP contribution in [0, 0.1) is 6.92 Å². The molecule has 108 valence electrons. The molecule has 0 bridgehead atoms. The van der Waals surface area contributed by atoms with Gasteiger partial charge in [0, 0.05) is 17.5 Å². The van der Waals surface area contributed by atoms with Gasteiger partial charge in [-0.3, -0.25) is 0 Å². The van der Waals surface area contributed by atoms with Gasteiger partial charge in [0.2, 0.25) is 0 Å². The third kappa shape index (κ3) is 3.99. The number of hydrogen-bond acceptors (Lipinski definition) is 5. The molecule has 0 aromatic carbocycles. The van der Waals surface area contributed by atoms with Gasteiger partial charge in [0.1, 0.15) is 23.6 Å². The number of nitrogen functional groups attached to an aromatic ring is 1. The summed E-state index contributed by atoms with van der Waals surface area (Å²) in [5.41, 5.74) is 6.05. The Labute approximate surface area is 111 Å². The second-order valence-electron chi connectivity index (χ2n) is 5.44. The largest absolute Gasteiger partial charge is 0.385 e. The van der Waals surface area contributed by atoms with Crippen molar-refractivity contribution in [3.05, 3.63) is 11.4 Å². The molecule has 0 fully saturated rings. The van der Waals surface area contributed by atoms with Gasteiger partial charge in [0.05, 0.1) is 0 Å². The minimum Gasteiger partial charge on any atom is -0.385 e. The van der Waals surface area contributed by atoms with Gasteiger partial charge in [0.15, 0.2) is 0 Å². The van der Waals surface area contributed by atoms with Crippen LogP contribution in [0.5, 0.6) is 0 Å².